The standard InChI is InChI=1S/C19H24ClN3O4/c1-12(2)11-23-18(27)21-17(26)19(23)5-7-22(8-6-19)16(25)10-13-3-4-15(24)14(20)9-13/h3-4,9,12,24H,5-8,10-11H2,1-2H3,(H,21,26,27). The number of phenols is 1. The Bertz CT molecular complexity index is 772. The van der Waals surface area contributed by atoms with E-state index in [0.717, 1.165) is 5.56 Å². The molecule has 146 valence electrons. The van der Waals surface area contributed by atoms with E-state index in [2.05, 4.69) is 5.32 Å². The lowest BCUT2D eigenvalue weighted by Crippen LogP contribution is -2.58. The van der Waals surface area contributed by atoms with Gasteiger partial charge < -0.3 is 14.9 Å². The Morgan fingerprint density at radius 2 is 1.96 bits per heavy atom. The smallest absolute Gasteiger partial charge is 0.325 e. The predicted octanol–water partition coefficient (Wildman–Crippen LogP) is 2.16. The van der Waals surface area contributed by atoms with E-state index in [1.54, 1.807) is 21.9 Å². The van der Waals surface area contributed by atoms with Crippen LogP contribution in [0.5, 0.6) is 5.75 Å². The number of carbonyl (C=O) groups is 3. The zero-order valence-corrected chi connectivity index (χ0v) is 16.3. The van der Waals surface area contributed by atoms with Gasteiger partial charge in [0.25, 0.3) is 5.91 Å². The number of nitrogens with one attached hydrogen (secondary N) is 1. The summed E-state index contributed by atoms with van der Waals surface area (Å²) in [4.78, 5) is 40.6. The molecule has 3 rings (SSSR count). The molecule has 1 spiro atoms. The molecule has 4 amide bonds. The molecule has 2 aliphatic rings. The largest absolute Gasteiger partial charge is 0.506 e. The van der Waals surface area contributed by atoms with E-state index in [0.29, 0.717) is 32.5 Å². The second-order valence-electron chi connectivity index (χ2n) is 7.64. The molecule has 7 nitrogen and oxygen atoms in total. The summed E-state index contributed by atoms with van der Waals surface area (Å²) in [6.45, 7) is 5.36. The number of amides is 4. The number of halogens is 1. The van der Waals surface area contributed by atoms with E-state index in [1.165, 1.54) is 6.07 Å². The first-order valence-electron chi connectivity index (χ1n) is 9.11. The monoisotopic (exact) mass is 393 g/mol. The van der Waals surface area contributed by atoms with Gasteiger partial charge in [-0.05, 0) is 36.5 Å². The summed E-state index contributed by atoms with van der Waals surface area (Å²) >= 11 is 5.90. The fraction of sp³-hybridized carbons (Fsp3) is 0.526. The SMILES string of the molecule is CC(C)CN1C(=O)NC(=O)C12CCN(C(=O)Cc1ccc(O)c(Cl)c1)CC2. The molecular weight excluding hydrogens is 370 g/mol. The fourth-order valence-electron chi connectivity index (χ4n) is 3.79. The number of aromatic hydroxyl groups is 1. The summed E-state index contributed by atoms with van der Waals surface area (Å²) in [6.07, 6.45) is 1.03. The second-order valence-corrected chi connectivity index (χ2v) is 8.05. The van der Waals surface area contributed by atoms with Gasteiger partial charge in [0.05, 0.1) is 11.4 Å². The highest BCUT2D eigenvalue weighted by molar-refractivity contribution is 6.32. The summed E-state index contributed by atoms with van der Waals surface area (Å²) in [7, 11) is 0. The van der Waals surface area contributed by atoms with Crippen molar-refractivity contribution in [3.63, 3.8) is 0 Å². The number of nitrogens with zero attached hydrogens (tertiary/aromatic N) is 2. The quantitative estimate of drug-likeness (QED) is 0.767. The van der Waals surface area contributed by atoms with Crippen molar-refractivity contribution in [1.29, 1.82) is 0 Å². The van der Waals surface area contributed by atoms with Gasteiger partial charge in [-0.15, -0.1) is 0 Å². The van der Waals surface area contributed by atoms with Crippen LogP contribution in [-0.4, -0.2) is 57.9 Å². The molecule has 0 radical (unpaired) electrons. The molecule has 0 aliphatic carbocycles. The van der Waals surface area contributed by atoms with E-state index in [9.17, 15) is 19.5 Å². The van der Waals surface area contributed by atoms with Crippen LogP contribution >= 0.6 is 11.6 Å². The van der Waals surface area contributed by atoms with Crippen LogP contribution in [0.15, 0.2) is 18.2 Å². The maximum atomic E-state index is 12.6. The number of urea groups is 1. The van der Waals surface area contributed by atoms with E-state index >= 15 is 0 Å². The lowest BCUT2D eigenvalue weighted by molar-refractivity contribution is -0.137. The van der Waals surface area contributed by atoms with Gasteiger partial charge >= 0.3 is 6.03 Å². The van der Waals surface area contributed by atoms with Crippen LogP contribution in [-0.2, 0) is 16.0 Å². The second kappa shape index (κ2) is 7.38. The predicted molar refractivity (Wildman–Crippen MR) is 100 cm³/mol. The number of imide groups is 1. The van der Waals surface area contributed by atoms with Crippen molar-refractivity contribution in [3.8, 4) is 5.75 Å². The highest BCUT2D eigenvalue weighted by atomic mass is 35.5. The normalized spacial score (nSPS) is 19.1. The molecule has 27 heavy (non-hydrogen) atoms. The molecule has 0 saturated carbocycles. The van der Waals surface area contributed by atoms with Gasteiger partial charge in [-0.1, -0.05) is 31.5 Å². The molecule has 0 atom stereocenters. The fourth-order valence-corrected chi connectivity index (χ4v) is 3.99. The minimum atomic E-state index is -0.847. The number of hydrogen-bond acceptors (Lipinski definition) is 4. The number of carbonyl (C=O) groups excluding carboxylic acids is 3. The van der Waals surface area contributed by atoms with Crippen LogP contribution in [0.3, 0.4) is 0 Å². The van der Waals surface area contributed by atoms with Crippen molar-refractivity contribution >= 4 is 29.4 Å². The van der Waals surface area contributed by atoms with Crippen molar-refractivity contribution < 1.29 is 19.5 Å². The Labute approximate surface area is 163 Å². The zero-order valence-electron chi connectivity index (χ0n) is 15.5. The minimum Gasteiger partial charge on any atom is -0.506 e. The molecule has 0 bridgehead atoms. The first-order valence-corrected chi connectivity index (χ1v) is 9.49. The Balaban J connectivity index is 1.66. The minimum absolute atomic E-state index is 0.0186. The van der Waals surface area contributed by atoms with Crippen molar-refractivity contribution in [2.24, 2.45) is 5.92 Å². The average Bonchev–Trinajstić information content (AvgIpc) is 2.82. The summed E-state index contributed by atoms with van der Waals surface area (Å²) in [5, 5.41) is 12.1. The number of rotatable bonds is 4. The summed E-state index contributed by atoms with van der Waals surface area (Å²) in [6, 6.07) is 4.37. The van der Waals surface area contributed by atoms with Crippen LogP contribution in [0.1, 0.15) is 32.3 Å². The molecule has 0 unspecified atom stereocenters. The third kappa shape index (κ3) is 3.74. The lowest BCUT2D eigenvalue weighted by Gasteiger charge is -2.42. The number of likely N-dealkylation sites (tertiary alicyclic amines) is 1. The molecule has 2 aliphatic heterocycles. The van der Waals surface area contributed by atoms with Gasteiger partial charge in [-0.2, -0.15) is 0 Å². The molecular formula is C19H24ClN3O4. The molecule has 2 heterocycles. The molecule has 2 fully saturated rings. The Morgan fingerprint density at radius 3 is 2.56 bits per heavy atom. The molecule has 1 aromatic carbocycles. The van der Waals surface area contributed by atoms with E-state index in [-0.39, 0.29) is 41.0 Å². The van der Waals surface area contributed by atoms with E-state index in [1.807, 2.05) is 13.8 Å². The highest BCUT2D eigenvalue weighted by Gasteiger charge is 2.54. The Morgan fingerprint density at radius 1 is 1.30 bits per heavy atom. The molecule has 1 aromatic rings. The maximum absolute atomic E-state index is 12.6. The van der Waals surface area contributed by atoms with Gasteiger partial charge in [-0.25, -0.2) is 4.79 Å². The first kappa shape index (κ1) is 19.5. The van der Waals surface area contributed by atoms with Crippen LogP contribution in [0.4, 0.5) is 4.79 Å². The Kier molecular flexibility index (Phi) is 5.33. The van der Waals surface area contributed by atoms with Crippen molar-refractivity contribution in [2.45, 2.75) is 38.6 Å². The zero-order chi connectivity index (χ0) is 19.8. The number of hydrogen-bond donors (Lipinski definition) is 2. The molecule has 2 N–H and O–H groups in total. The topological polar surface area (TPSA) is 90.0 Å². The van der Waals surface area contributed by atoms with E-state index < -0.39 is 5.54 Å². The first-order chi connectivity index (χ1) is 12.7. The van der Waals surface area contributed by atoms with Crippen LogP contribution < -0.4 is 5.32 Å². The number of piperidine rings is 1. The maximum Gasteiger partial charge on any atom is 0.325 e. The number of benzene rings is 1. The van der Waals surface area contributed by atoms with Gasteiger partial charge in [0, 0.05) is 19.6 Å². The average molecular weight is 394 g/mol. The van der Waals surface area contributed by atoms with Crippen LogP contribution in [0.2, 0.25) is 5.02 Å². The molecule has 0 aromatic heterocycles. The van der Waals surface area contributed by atoms with Crippen molar-refractivity contribution in [1.82, 2.24) is 15.1 Å². The van der Waals surface area contributed by atoms with Gasteiger partial charge in [0.15, 0.2) is 0 Å². The molecule has 2 saturated heterocycles. The van der Waals surface area contributed by atoms with Gasteiger partial charge in [0.1, 0.15) is 11.3 Å². The third-order valence-electron chi connectivity index (χ3n) is 5.26. The molecule has 8 heteroatoms. The van der Waals surface area contributed by atoms with Crippen molar-refractivity contribution in [2.75, 3.05) is 19.6 Å². The number of phenolic OH excluding ortho intramolecular Hbond substituents is 1. The highest BCUT2D eigenvalue weighted by Crippen LogP contribution is 2.34. The van der Waals surface area contributed by atoms with E-state index in [4.69, 9.17) is 11.6 Å². The van der Waals surface area contributed by atoms with Gasteiger partial charge in [-0.3, -0.25) is 14.9 Å². The summed E-state index contributed by atoms with van der Waals surface area (Å²) in [5.41, 5.74) is -0.127. The summed E-state index contributed by atoms with van der Waals surface area (Å²) in [5.74, 6) is -0.0929. The van der Waals surface area contributed by atoms with Crippen LogP contribution in [0, 0.1) is 5.92 Å². The van der Waals surface area contributed by atoms with Crippen LogP contribution in [0.25, 0.3) is 0 Å². The summed E-state index contributed by atoms with van der Waals surface area (Å²) < 4.78 is 0. The Hall–Kier alpha value is -2.28. The third-order valence-corrected chi connectivity index (χ3v) is 5.57. The van der Waals surface area contributed by atoms with Gasteiger partial charge in [0.2, 0.25) is 5.91 Å². The van der Waals surface area contributed by atoms with Crippen molar-refractivity contribution in [3.05, 3.63) is 28.8 Å². The lowest BCUT2D eigenvalue weighted by atomic mass is 9.85.